The zero-order chi connectivity index (χ0) is 10.3. The van der Waals surface area contributed by atoms with Gasteiger partial charge in [0.2, 0.25) is 6.41 Å². The Bertz CT molecular complexity index is 248. The molecule has 3 rings (SSSR count). The summed E-state index contributed by atoms with van der Waals surface area (Å²) in [6, 6.07) is 0.942. The van der Waals surface area contributed by atoms with Crippen LogP contribution >= 0.6 is 0 Å². The molecule has 2 saturated carbocycles. The molecule has 0 spiro atoms. The molecule has 1 N–H and O–H groups in total. The third-order valence-corrected chi connectivity index (χ3v) is 4.85. The fraction of sp³-hybridized carbons (Fsp3) is 0.917. The number of carbonyl (C=O) groups is 1. The highest BCUT2D eigenvalue weighted by Crippen LogP contribution is 2.43. The molecular formula is C12H21N2O+. The summed E-state index contributed by atoms with van der Waals surface area (Å²) in [4.78, 5) is 14.4. The number of quaternary nitrogens is 1. The lowest BCUT2D eigenvalue weighted by Crippen LogP contribution is -3.18. The van der Waals surface area contributed by atoms with Crippen molar-refractivity contribution in [2.45, 2.75) is 31.7 Å². The highest BCUT2D eigenvalue weighted by Gasteiger charge is 2.45. The summed E-state index contributed by atoms with van der Waals surface area (Å²) in [5.74, 6) is 2.07. The van der Waals surface area contributed by atoms with Crippen LogP contribution in [0.3, 0.4) is 0 Å². The normalized spacial score (nSPS) is 41.1. The predicted octanol–water partition coefficient (Wildman–Crippen LogP) is -0.468. The number of piperazine rings is 1. The van der Waals surface area contributed by atoms with Gasteiger partial charge in [-0.25, -0.2) is 0 Å². The van der Waals surface area contributed by atoms with E-state index in [4.69, 9.17) is 0 Å². The van der Waals surface area contributed by atoms with Crippen molar-refractivity contribution in [1.29, 1.82) is 0 Å². The molecule has 84 valence electrons. The third-order valence-electron chi connectivity index (χ3n) is 4.85. The van der Waals surface area contributed by atoms with E-state index in [-0.39, 0.29) is 0 Å². The highest BCUT2D eigenvalue weighted by atomic mass is 16.1. The van der Waals surface area contributed by atoms with Crippen molar-refractivity contribution in [2.24, 2.45) is 11.8 Å². The topological polar surface area (TPSA) is 24.8 Å². The lowest BCUT2D eigenvalue weighted by atomic mass is 9.93. The molecule has 1 saturated heterocycles. The van der Waals surface area contributed by atoms with Crippen molar-refractivity contribution in [3.63, 3.8) is 0 Å². The van der Waals surface area contributed by atoms with Crippen molar-refractivity contribution in [2.75, 3.05) is 26.2 Å². The number of fused-ring (bicyclic) bond motifs is 2. The number of nitrogens with zero attached hydrogens (tertiary/aromatic N) is 1. The Morgan fingerprint density at radius 1 is 1.13 bits per heavy atom. The molecule has 0 aromatic rings. The molecule has 1 heterocycles. The minimum Gasteiger partial charge on any atom is -0.334 e. The summed E-state index contributed by atoms with van der Waals surface area (Å²) in [6.07, 6.45) is 6.97. The van der Waals surface area contributed by atoms with Gasteiger partial charge >= 0.3 is 0 Å². The molecule has 0 aromatic carbocycles. The maximum Gasteiger partial charge on any atom is 0.210 e. The maximum absolute atomic E-state index is 10.6. The lowest BCUT2D eigenvalue weighted by molar-refractivity contribution is -0.932. The second-order valence-corrected chi connectivity index (χ2v) is 5.58. The Hall–Kier alpha value is -0.570. The molecule has 0 unspecified atom stereocenters. The summed E-state index contributed by atoms with van der Waals surface area (Å²) in [6.45, 7) is 4.33. The minimum absolute atomic E-state index is 0.942. The van der Waals surface area contributed by atoms with E-state index >= 15 is 0 Å². The van der Waals surface area contributed by atoms with Gasteiger partial charge in [0.05, 0.1) is 32.2 Å². The van der Waals surface area contributed by atoms with Gasteiger partial charge in [-0.2, -0.15) is 0 Å². The standard InChI is InChI=1S/C12H20N2O/c15-9-13-3-5-14(6-4-13)12-8-10-1-2-11(12)7-10/h9-12H,1-8H2/p+1/t10-,11-,12-/m0/s1. The minimum atomic E-state index is 0.942. The van der Waals surface area contributed by atoms with Gasteiger partial charge in [0, 0.05) is 12.3 Å². The predicted molar refractivity (Wildman–Crippen MR) is 57.6 cm³/mol. The molecule has 15 heavy (non-hydrogen) atoms. The van der Waals surface area contributed by atoms with Gasteiger partial charge in [0.1, 0.15) is 0 Å². The van der Waals surface area contributed by atoms with E-state index in [9.17, 15) is 4.79 Å². The fourth-order valence-electron chi connectivity index (χ4n) is 4.03. The van der Waals surface area contributed by atoms with Crippen LogP contribution in [0, 0.1) is 11.8 Å². The molecular weight excluding hydrogens is 188 g/mol. The van der Waals surface area contributed by atoms with E-state index in [1.54, 1.807) is 4.90 Å². The summed E-state index contributed by atoms with van der Waals surface area (Å²) >= 11 is 0. The first-order valence-electron chi connectivity index (χ1n) is 6.40. The zero-order valence-corrected chi connectivity index (χ0v) is 9.32. The molecule has 3 atom stereocenters. The lowest BCUT2D eigenvalue weighted by Gasteiger charge is -2.37. The fourth-order valence-corrected chi connectivity index (χ4v) is 4.03. The Morgan fingerprint density at radius 3 is 2.47 bits per heavy atom. The van der Waals surface area contributed by atoms with Crippen LogP contribution in [-0.2, 0) is 4.79 Å². The molecule has 0 radical (unpaired) electrons. The van der Waals surface area contributed by atoms with Gasteiger partial charge in [-0.05, 0) is 25.2 Å². The van der Waals surface area contributed by atoms with Crippen LogP contribution < -0.4 is 4.90 Å². The van der Waals surface area contributed by atoms with Gasteiger partial charge in [-0.1, -0.05) is 0 Å². The van der Waals surface area contributed by atoms with Crippen molar-refractivity contribution in [3.05, 3.63) is 0 Å². The van der Waals surface area contributed by atoms with Gasteiger partial charge in [-0.15, -0.1) is 0 Å². The second kappa shape index (κ2) is 3.78. The smallest absolute Gasteiger partial charge is 0.210 e. The number of rotatable bonds is 2. The van der Waals surface area contributed by atoms with Crippen LogP contribution in [0.5, 0.6) is 0 Å². The van der Waals surface area contributed by atoms with Crippen LogP contribution in [-0.4, -0.2) is 43.5 Å². The summed E-state index contributed by atoms with van der Waals surface area (Å²) < 4.78 is 0. The van der Waals surface area contributed by atoms with E-state index < -0.39 is 0 Å². The number of amides is 1. The van der Waals surface area contributed by atoms with Crippen LogP contribution in [0.1, 0.15) is 25.7 Å². The summed E-state index contributed by atoms with van der Waals surface area (Å²) in [5.41, 5.74) is 0. The summed E-state index contributed by atoms with van der Waals surface area (Å²) in [7, 11) is 0. The monoisotopic (exact) mass is 209 g/mol. The van der Waals surface area contributed by atoms with Crippen molar-refractivity contribution >= 4 is 6.41 Å². The molecule has 0 aromatic heterocycles. The van der Waals surface area contributed by atoms with E-state index in [1.165, 1.54) is 38.8 Å². The van der Waals surface area contributed by atoms with E-state index in [1.807, 2.05) is 4.90 Å². The average Bonchev–Trinajstić information content (AvgIpc) is 2.91. The number of hydrogen-bond donors (Lipinski definition) is 1. The maximum atomic E-state index is 10.6. The van der Waals surface area contributed by atoms with Gasteiger partial charge in [-0.3, -0.25) is 4.79 Å². The number of hydrogen-bond acceptors (Lipinski definition) is 1. The zero-order valence-electron chi connectivity index (χ0n) is 9.32. The first kappa shape index (κ1) is 9.64. The second-order valence-electron chi connectivity index (χ2n) is 5.58. The average molecular weight is 209 g/mol. The molecule has 2 aliphatic carbocycles. The Balaban J connectivity index is 1.58. The first-order chi connectivity index (χ1) is 7.36. The van der Waals surface area contributed by atoms with E-state index in [0.29, 0.717) is 0 Å². The van der Waals surface area contributed by atoms with E-state index in [2.05, 4.69) is 0 Å². The molecule has 1 aliphatic heterocycles. The SMILES string of the molecule is O=CN1CC[NH+]([C@H]2C[C@H]3CC[C@H]2C3)CC1. The van der Waals surface area contributed by atoms with Crippen LogP contribution in [0.25, 0.3) is 0 Å². The van der Waals surface area contributed by atoms with Crippen LogP contribution in [0.4, 0.5) is 0 Å². The third kappa shape index (κ3) is 1.67. The Labute approximate surface area is 91.4 Å². The quantitative estimate of drug-likeness (QED) is 0.611. The van der Waals surface area contributed by atoms with Gasteiger partial charge < -0.3 is 9.80 Å². The molecule has 3 fully saturated rings. The molecule has 1 amide bonds. The van der Waals surface area contributed by atoms with Crippen molar-refractivity contribution < 1.29 is 9.69 Å². The van der Waals surface area contributed by atoms with Crippen LogP contribution in [0.2, 0.25) is 0 Å². The van der Waals surface area contributed by atoms with Crippen molar-refractivity contribution in [1.82, 2.24) is 4.90 Å². The van der Waals surface area contributed by atoms with E-state index in [0.717, 1.165) is 37.4 Å². The van der Waals surface area contributed by atoms with Gasteiger partial charge in [0.15, 0.2) is 0 Å². The number of nitrogens with one attached hydrogen (secondary N) is 1. The van der Waals surface area contributed by atoms with Crippen molar-refractivity contribution in [3.8, 4) is 0 Å². The first-order valence-corrected chi connectivity index (χ1v) is 6.40. The van der Waals surface area contributed by atoms with Crippen LogP contribution in [0.15, 0.2) is 0 Å². The Kier molecular flexibility index (Phi) is 2.43. The summed E-state index contributed by atoms with van der Waals surface area (Å²) in [5, 5.41) is 0. The largest absolute Gasteiger partial charge is 0.334 e. The number of carbonyl (C=O) groups excluding carboxylic acids is 1. The highest BCUT2D eigenvalue weighted by molar-refractivity contribution is 5.46. The molecule has 3 nitrogen and oxygen atoms in total. The van der Waals surface area contributed by atoms with Gasteiger partial charge in [0.25, 0.3) is 0 Å². The Morgan fingerprint density at radius 2 is 1.93 bits per heavy atom. The molecule has 3 aliphatic rings. The molecule has 3 heteroatoms. The molecule has 2 bridgehead atoms.